The largest absolute Gasteiger partial charge is 0.383 e. The van der Waals surface area contributed by atoms with Crippen LogP contribution in [0.2, 0.25) is 0 Å². The summed E-state index contributed by atoms with van der Waals surface area (Å²) in [6, 6.07) is 9.03. The molecule has 4 rings (SSSR count). The number of nitrogens with zero attached hydrogens (tertiary/aromatic N) is 2. The third kappa shape index (κ3) is 2.92. The zero-order valence-corrected chi connectivity index (χ0v) is 14.4. The van der Waals surface area contributed by atoms with Crippen LogP contribution < -0.4 is 4.90 Å². The Morgan fingerprint density at radius 2 is 1.88 bits per heavy atom. The minimum atomic E-state index is -0.785. The van der Waals surface area contributed by atoms with E-state index in [1.165, 1.54) is 17.7 Å². The number of hydrogen-bond donors (Lipinski definition) is 1. The predicted molar refractivity (Wildman–Crippen MR) is 95.1 cm³/mol. The minimum absolute atomic E-state index is 0.0274. The molecule has 2 atom stereocenters. The van der Waals surface area contributed by atoms with Crippen LogP contribution in [-0.2, 0) is 11.2 Å². The average molecular weight is 328 g/mol. The van der Waals surface area contributed by atoms with Crippen molar-refractivity contribution in [1.29, 1.82) is 0 Å². The number of benzene rings is 1. The zero-order valence-electron chi connectivity index (χ0n) is 14.4. The van der Waals surface area contributed by atoms with Crippen molar-refractivity contribution in [2.24, 2.45) is 5.92 Å². The molecule has 3 aliphatic rings. The molecule has 1 aromatic carbocycles. The van der Waals surface area contributed by atoms with Crippen molar-refractivity contribution < 1.29 is 9.90 Å². The second-order valence-corrected chi connectivity index (χ2v) is 7.64. The summed E-state index contributed by atoms with van der Waals surface area (Å²) >= 11 is 0. The third-order valence-corrected chi connectivity index (χ3v) is 6.19. The number of carbonyl (C=O) groups excluding carboxylic acids is 1. The van der Waals surface area contributed by atoms with Gasteiger partial charge in [-0.05, 0) is 43.2 Å². The van der Waals surface area contributed by atoms with Crippen LogP contribution in [0.1, 0.15) is 44.1 Å². The molecule has 0 bridgehead atoms. The van der Waals surface area contributed by atoms with Gasteiger partial charge < -0.3 is 14.9 Å². The molecule has 1 saturated carbocycles. The van der Waals surface area contributed by atoms with Crippen LogP contribution in [0.3, 0.4) is 0 Å². The normalized spacial score (nSPS) is 25.8. The first kappa shape index (κ1) is 15.9. The first-order valence-electron chi connectivity index (χ1n) is 9.55. The Hall–Kier alpha value is -1.55. The van der Waals surface area contributed by atoms with E-state index in [0.29, 0.717) is 6.04 Å². The number of fused-ring (bicyclic) bond motifs is 3. The predicted octanol–water partition coefficient (Wildman–Crippen LogP) is 2.59. The Kier molecular flexibility index (Phi) is 4.49. The summed E-state index contributed by atoms with van der Waals surface area (Å²) in [7, 11) is 0. The number of anilines is 1. The number of amides is 1. The van der Waals surface area contributed by atoms with E-state index >= 15 is 0 Å². The molecular weight excluding hydrogens is 300 g/mol. The van der Waals surface area contributed by atoms with Crippen LogP contribution in [0.15, 0.2) is 24.3 Å². The highest BCUT2D eigenvalue weighted by Gasteiger charge is 2.37. The highest BCUT2D eigenvalue weighted by Crippen LogP contribution is 2.33. The van der Waals surface area contributed by atoms with Crippen LogP contribution in [0.25, 0.3) is 0 Å². The summed E-state index contributed by atoms with van der Waals surface area (Å²) < 4.78 is 0. The highest BCUT2D eigenvalue weighted by atomic mass is 16.3. The molecule has 2 fully saturated rings. The Balaban J connectivity index is 1.42. The SMILES string of the molecule is O=C(C(O)C1CCCCC1)N1CCN2c3ccccc3CCC2C1. The Morgan fingerprint density at radius 1 is 1.08 bits per heavy atom. The van der Waals surface area contributed by atoms with E-state index in [1.54, 1.807) is 0 Å². The molecule has 2 aliphatic heterocycles. The number of piperazine rings is 1. The molecule has 130 valence electrons. The highest BCUT2D eigenvalue weighted by molar-refractivity contribution is 5.81. The molecule has 0 spiro atoms. The lowest BCUT2D eigenvalue weighted by atomic mass is 9.84. The molecule has 4 nitrogen and oxygen atoms in total. The number of aryl methyl sites for hydroxylation is 1. The van der Waals surface area contributed by atoms with Gasteiger partial charge in [-0.1, -0.05) is 37.5 Å². The number of para-hydroxylation sites is 1. The second-order valence-electron chi connectivity index (χ2n) is 7.64. The van der Waals surface area contributed by atoms with Crippen molar-refractivity contribution in [2.45, 2.75) is 57.1 Å². The standard InChI is InChI=1S/C20H28N2O2/c23-19(16-7-2-1-3-8-16)20(24)21-12-13-22-17(14-21)11-10-15-6-4-5-9-18(15)22/h4-6,9,16-17,19,23H,1-3,7-8,10-14H2. The van der Waals surface area contributed by atoms with Crippen molar-refractivity contribution >= 4 is 11.6 Å². The molecule has 2 unspecified atom stereocenters. The van der Waals surface area contributed by atoms with Crippen LogP contribution in [0.4, 0.5) is 5.69 Å². The van der Waals surface area contributed by atoms with Gasteiger partial charge in [-0.15, -0.1) is 0 Å². The molecule has 1 saturated heterocycles. The van der Waals surface area contributed by atoms with Gasteiger partial charge >= 0.3 is 0 Å². The summed E-state index contributed by atoms with van der Waals surface area (Å²) in [6.07, 6.45) is 6.97. The molecule has 0 aromatic heterocycles. The van der Waals surface area contributed by atoms with Crippen LogP contribution in [0.5, 0.6) is 0 Å². The van der Waals surface area contributed by atoms with Gasteiger partial charge in [0.25, 0.3) is 5.91 Å². The quantitative estimate of drug-likeness (QED) is 0.907. The van der Waals surface area contributed by atoms with Gasteiger partial charge in [0.2, 0.25) is 0 Å². The molecule has 1 amide bonds. The maximum Gasteiger partial charge on any atom is 0.251 e. The smallest absolute Gasteiger partial charge is 0.251 e. The molecule has 1 N–H and O–H groups in total. The number of hydrogen-bond acceptors (Lipinski definition) is 3. The fourth-order valence-electron chi connectivity index (χ4n) is 4.78. The van der Waals surface area contributed by atoms with Crippen LogP contribution in [-0.4, -0.2) is 47.7 Å². The van der Waals surface area contributed by atoms with Crippen LogP contribution >= 0.6 is 0 Å². The minimum Gasteiger partial charge on any atom is -0.383 e. The fraction of sp³-hybridized carbons (Fsp3) is 0.650. The number of aliphatic hydroxyl groups is 1. The van der Waals surface area contributed by atoms with Gasteiger partial charge in [-0.2, -0.15) is 0 Å². The molecule has 1 aromatic rings. The monoisotopic (exact) mass is 328 g/mol. The second kappa shape index (κ2) is 6.75. The van der Waals surface area contributed by atoms with Crippen molar-refractivity contribution in [3.63, 3.8) is 0 Å². The van der Waals surface area contributed by atoms with Crippen molar-refractivity contribution in [3.8, 4) is 0 Å². The Morgan fingerprint density at radius 3 is 2.71 bits per heavy atom. The van der Waals surface area contributed by atoms with Gasteiger partial charge in [0.15, 0.2) is 0 Å². The summed E-state index contributed by atoms with van der Waals surface area (Å²) in [6.45, 7) is 2.37. The molecule has 1 aliphatic carbocycles. The van der Waals surface area contributed by atoms with Gasteiger partial charge in [0, 0.05) is 31.4 Å². The lowest BCUT2D eigenvalue weighted by Gasteiger charge is -2.46. The summed E-state index contributed by atoms with van der Waals surface area (Å²) in [5, 5.41) is 10.5. The van der Waals surface area contributed by atoms with Crippen molar-refractivity contribution in [1.82, 2.24) is 4.90 Å². The topological polar surface area (TPSA) is 43.8 Å². The molecular formula is C20H28N2O2. The van der Waals surface area contributed by atoms with Crippen LogP contribution in [0, 0.1) is 5.92 Å². The Bertz CT molecular complexity index is 597. The van der Waals surface area contributed by atoms with E-state index in [2.05, 4.69) is 29.2 Å². The first-order valence-corrected chi connectivity index (χ1v) is 9.55. The van der Waals surface area contributed by atoms with Crippen molar-refractivity contribution in [2.75, 3.05) is 24.5 Å². The number of carbonyl (C=O) groups is 1. The number of rotatable bonds is 2. The zero-order chi connectivity index (χ0) is 16.5. The van der Waals surface area contributed by atoms with E-state index in [-0.39, 0.29) is 11.8 Å². The van der Waals surface area contributed by atoms with E-state index in [1.807, 2.05) is 4.90 Å². The maximum atomic E-state index is 12.8. The third-order valence-electron chi connectivity index (χ3n) is 6.19. The van der Waals surface area contributed by atoms with E-state index in [4.69, 9.17) is 0 Å². The summed E-state index contributed by atoms with van der Waals surface area (Å²) in [5.74, 6) is 0.150. The fourth-order valence-corrected chi connectivity index (χ4v) is 4.78. The first-order chi connectivity index (χ1) is 11.7. The molecule has 0 radical (unpaired) electrons. The van der Waals surface area contributed by atoms with E-state index < -0.39 is 6.10 Å². The van der Waals surface area contributed by atoms with Gasteiger partial charge in [-0.25, -0.2) is 0 Å². The van der Waals surface area contributed by atoms with E-state index in [9.17, 15) is 9.90 Å². The summed E-state index contributed by atoms with van der Waals surface area (Å²) in [4.78, 5) is 17.2. The molecule has 2 heterocycles. The molecule has 24 heavy (non-hydrogen) atoms. The maximum absolute atomic E-state index is 12.8. The molecule has 4 heteroatoms. The van der Waals surface area contributed by atoms with Gasteiger partial charge in [0.1, 0.15) is 6.10 Å². The summed E-state index contributed by atoms with van der Waals surface area (Å²) in [5.41, 5.74) is 2.77. The lowest BCUT2D eigenvalue weighted by molar-refractivity contribution is -0.144. The van der Waals surface area contributed by atoms with Crippen molar-refractivity contribution in [3.05, 3.63) is 29.8 Å². The van der Waals surface area contributed by atoms with Gasteiger partial charge in [0.05, 0.1) is 0 Å². The average Bonchev–Trinajstić information content (AvgIpc) is 2.67. The van der Waals surface area contributed by atoms with E-state index in [0.717, 1.165) is 58.2 Å². The number of aliphatic hydroxyl groups excluding tert-OH is 1. The lowest BCUT2D eigenvalue weighted by Crippen LogP contribution is -2.58. The Labute approximate surface area is 144 Å². The van der Waals surface area contributed by atoms with Gasteiger partial charge in [-0.3, -0.25) is 4.79 Å².